The number of thiazole rings is 1. The van der Waals surface area contributed by atoms with Gasteiger partial charge in [0.1, 0.15) is 5.69 Å². The molecule has 1 aromatic heterocycles. The number of benzene rings is 1. The molecule has 0 aliphatic heterocycles. The molecule has 0 aliphatic carbocycles. The van der Waals surface area contributed by atoms with Crippen molar-refractivity contribution < 1.29 is 4.79 Å². The van der Waals surface area contributed by atoms with Crippen molar-refractivity contribution in [2.75, 3.05) is 11.1 Å². The lowest BCUT2D eigenvalue weighted by molar-refractivity contribution is 0.102. The number of anilines is 2. The van der Waals surface area contributed by atoms with Gasteiger partial charge >= 0.3 is 0 Å². The van der Waals surface area contributed by atoms with Gasteiger partial charge in [0.05, 0.1) is 0 Å². The molecule has 2 aromatic rings. The normalized spacial score (nSPS) is 10.2. The third-order valence-electron chi connectivity index (χ3n) is 2.18. The highest BCUT2D eigenvalue weighted by molar-refractivity contribution is 7.13. The van der Waals surface area contributed by atoms with E-state index in [0.717, 1.165) is 5.56 Å². The highest BCUT2D eigenvalue weighted by Gasteiger charge is 2.09. The van der Waals surface area contributed by atoms with Crippen molar-refractivity contribution in [1.29, 1.82) is 0 Å². The first-order chi connectivity index (χ1) is 8.19. The molecule has 0 radical (unpaired) electrons. The number of nitrogens with one attached hydrogen (secondary N) is 1. The van der Waals surface area contributed by atoms with E-state index < -0.39 is 0 Å². The van der Waals surface area contributed by atoms with E-state index in [0.29, 0.717) is 23.1 Å². The summed E-state index contributed by atoms with van der Waals surface area (Å²) in [7, 11) is 0. The van der Waals surface area contributed by atoms with Crippen molar-refractivity contribution in [2.24, 2.45) is 5.73 Å². The van der Waals surface area contributed by atoms with Gasteiger partial charge in [0.15, 0.2) is 5.13 Å². The quantitative estimate of drug-likeness (QED) is 0.766. The van der Waals surface area contributed by atoms with Crippen LogP contribution < -0.4 is 16.8 Å². The number of nitrogens with zero attached hydrogens (tertiary/aromatic N) is 1. The van der Waals surface area contributed by atoms with E-state index in [1.165, 1.54) is 11.3 Å². The minimum Gasteiger partial charge on any atom is -0.375 e. The van der Waals surface area contributed by atoms with Gasteiger partial charge in [-0.15, -0.1) is 11.3 Å². The van der Waals surface area contributed by atoms with Gasteiger partial charge < -0.3 is 16.8 Å². The van der Waals surface area contributed by atoms with Crippen LogP contribution in [0.1, 0.15) is 16.1 Å². The molecule has 0 fully saturated rings. The molecule has 0 atom stereocenters. The van der Waals surface area contributed by atoms with Crippen LogP contribution in [0.2, 0.25) is 0 Å². The summed E-state index contributed by atoms with van der Waals surface area (Å²) in [6.07, 6.45) is 0. The number of carbonyl (C=O) groups is 1. The molecule has 1 amide bonds. The first kappa shape index (κ1) is 11.6. The van der Waals surface area contributed by atoms with Crippen LogP contribution in [-0.2, 0) is 6.54 Å². The van der Waals surface area contributed by atoms with Crippen LogP contribution >= 0.6 is 11.3 Å². The van der Waals surface area contributed by atoms with Gasteiger partial charge in [-0.3, -0.25) is 4.79 Å². The Labute approximate surface area is 102 Å². The van der Waals surface area contributed by atoms with Gasteiger partial charge in [-0.25, -0.2) is 4.98 Å². The molecule has 1 heterocycles. The zero-order valence-electron chi connectivity index (χ0n) is 9.01. The van der Waals surface area contributed by atoms with E-state index in [2.05, 4.69) is 10.3 Å². The molecule has 6 heteroatoms. The highest BCUT2D eigenvalue weighted by atomic mass is 32.1. The molecule has 0 aliphatic rings. The first-order valence-corrected chi connectivity index (χ1v) is 5.88. The van der Waals surface area contributed by atoms with Crippen molar-refractivity contribution in [3.05, 3.63) is 40.9 Å². The van der Waals surface area contributed by atoms with Crippen molar-refractivity contribution in [1.82, 2.24) is 4.98 Å². The summed E-state index contributed by atoms with van der Waals surface area (Å²) >= 11 is 1.24. The predicted octanol–water partition coefficient (Wildman–Crippen LogP) is 1.44. The molecule has 88 valence electrons. The predicted molar refractivity (Wildman–Crippen MR) is 68.8 cm³/mol. The fourth-order valence-corrected chi connectivity index (χ4v) is 1.91. The van der Waals surface area contributed by atoms with E-state index in [1.54, 1.807) is 11.4 Å². The number of aromatic nitrogens is 1. The lowest BCUT2D eigenvalue weighted by Crippen LogP contribution is -2.12. The van der Waals surface area contributed by atoms with Gasteiger partial charge in [-0.1, -0.05) is 12.1 Å². The van der Waals surface area contributed by atoms with E-state index in [-0.39, 0.29) is 5.91 Å². The number of hydrogen-bond donors (Lipinski definition) is 3. The summed E-state index contributed by atoms with van der Waals surface area (Å²) in [6, 6.07) is 7.37. The molecule has 0 saturated carbocycles. The maximum atomic E-state index is 11.8. The van der Waals surface area contributed by atoms with Crippen LogP contribution in [0.3, 0.4) is 0 Å². The first-order valence-electron chi connectivity index (χ1n) is 5.00. The van der Waals surface area contributed by atoms with E-state index in [4.69, 9.17) is 11.5 Å². The zero-order valence-corrected chi connectivity index (χ0v) is 9.83. The number of carbonyl (C=O) groups excluding carboxylic acids is 1. The molecule has 17 heavy (non-hydrogen) atoms. The molecule has 1 aromatic carbocycles. The fourth-order valence-electron chi connectivity index (χ4n) is 1.36. The summed E-state index contributed by atoms with van der Waals surface area (Å²) in [4.78, 5) is 15.7. The van der Waals surface area contributed by atoms with Crippen LogP contribution in [0.25, 0.3) is 0 Å². The summed E-state index contributed by atoms with van der Waals surface area (Å²) < 4.78 is 0. The van der Waals surface area contributed by atoms with E-state index in [1.807, 2.05) is 18.2 Å². The second-order valence-electron chi connectivity index (χ2n) is 3.43. The van der Waals surface area contributed by atoms with Crippen LogP contribution in [0.5, 0.6) is 0 Å². The molecule has 2 rings (SSSR count). The van der Waals surface area contributed by atoms with Crippen molar-refractivity contribution in [3.63, 3.8) is 0 Å². The fraction of sp³-hybridized carbons (Fsp3) is 0.0909. The summed E-state index contributed by atoms with van der Waals surface area (Å²) in [6.45, 7) is 0.438. The van der Waals surface area contributed by atoms with Gasteiger partial charge in [-0.05, 0) is 17.7 Å². The van der Waals surface area contributed by atoms with E-state index >= 15 is 0 Å². The Bertz CT molecular complexity index is 538. The number of nitrogens with two attached hydrogens (primary N) is 2. The van der Waals surface area contributed by atoms with Crippen LogP contribution in [0, 0.1) is 0 Å². The molecule has 0 spiro atoms. The second-order valence-corrected chi connectivity index (χ2v) is 4.32. The summed E-state index contributed by atoms with van der Waals surface area (Å²) in [5.74, 6) is -0.271. The van der Waals surface area contributed by atoms with Gasteiger partial charge in [0.2, 0.25) is 0 Å². The SMILES string of the molecule is NCc1cccc(NC(=O)c2csc(N)n2)c1. The topological polar surface area (TPSA) is 94.0 Å². The third-order valence-corrected chi connectivity index (χ3v) is 2.85. The zero-order chi connectivity index (χ0) is 12.3. The Morgan fingerprint density at radius 2 is 2.29 bits per heavy atom. The largest absolute Gasteiger partial charge is 0.375 e. The van der Waals surface area contributed by atoms with Crippen LogP contribution in [0.15, 0.2) is 29.6 Å². The van der Waals surface area contributed by atoms with Crippen molar-refractivity contribution >= 4 is 28.1 Å². The Hall–Kier alpha value is -1.92. The third kappa shape index (κ3) is 2.80. The van der Waals surface area contributed by atoms with Gasteiger partial charge in [0.25, 0.3) is 5.91 Å². The maximum Gasteiger partial charge on any atom is 0.275 e. The molecular weight excluding hydrogens is 236 g/mol. The average molecular weight is 248 g/mol. The molecule has 5 N–H and O–H groups in total. The van der Waals surface area contributed by atoms with E-state index in [9.17, 15) is 4.79 Å². The molecule has 0 saturated heterocycles. The van der Waals surface area contributed by atoms with Crippen LogP contribution in [0.4, 0.5) is 10.8 Å². The highest BCUT2D eigenvalue weighted by Crippen LogP contribution is 2.14. The van der Waals surface area contributed by atoms with Gasteiger partial charge in [-0.2, -0.15) is 0 Å². The minimum atomic E-state index is -0.271. The van der Waals surface area contributed by atoms with Crippen molar-refractivity contribution in [3.8, 4) is 0 Å². The number of rotatable bonds is 3. The standard InChI is InChI=1S/C11H12N4OS/c12-5-7-2-1-3-8(4-7)14-10(16)9-6-17-11(13)15-9/h1-4,6H,5,12H2,(H2,13,15)(H,14,16). The summed E-state index contributed by atoms with van der Waals surface area (Å²) in [5, 5.41) is 4.74. The molecule has 5 nitrogen and oxygen atoms in total. The Morgan fingerprint density at radius 1 is 1.47 bits per heavy atom. The monoisotopic (exact) mass is 248 g/mol. The van der Waals surface area contributed by atoms with Crippen molar-refractivity contribution in [2.45, 2.75) is 6.54 Å². The second kappa shape index (κ2) is 4.94. The lowest BCUT2D eigenvalue weighted by Gasteiger charge is -2.04. The summed E-state index contributed by atoms with van der Waals surface area (Å²) in [5.41, 5.74) is 13.0. The number of nitrogen functional groups attached to an aromatic ring is 1. The Balaban J connectivity index is 2.12. The average Bonchev–Trinajstić information content (AvgIpc) is 2.76. The molecular formula is C11H12N4OS. The van der Waals surface area contributed by atoms with Crippen LogP contribution in [-0.4, -0.2) is 10.9 Å². The maximum absolute atomic E-state index is 11.8. The minimum absolute atomic E-state index is 0.271. The Morgan fingerprint density at radius 3 is 2.94 bits per heavy atom. The Kier molecular flexibility index (Phi) is 3.36. The van der Waals surface area contributed by atoms with Gasteiger partial charge in [0, 0.05) is 17.6 Å². The number of hydrogen-bond acceptors (Lipinski definition) is 5. The molecule has 0 unspecified atom stereocenters. The number of amides is 1. The smallest absolute Gasteiger partial charge is 0.275 e. The molecule has 0 bridgehead atoms. The lowest BCUT2D eigenvalue weighted by atomic mass is 10.2.